The van der Waals surface area contributed by atoms with Crippen molar-refractivity contribution in [2.24, 2.45) is 0 Å². The number of hydrogen-bond acceptors (Lipinski definition) is 3. The Morgan fingerprint density at radius 2 is 1.79 bits per heavy atom. The van der Waals surface area contributed by atoms with Crippen LogP contribution in [0.15, 0.2) is 41.3 Å². The average molecular weight is 397 g/mol. The Bertz CT molecular complexity index is 856. The second kappa shape index (κ2) is 9.28. The minimum absolute atomic E-state index is 0.0214. The Balaban J connectivity index is 1.47. The minimum Gasteiger partial charge on any atom is -0.356 e. The molecule has 1 aliphatic heterocycles. The van der Waals surface area contributed by atoms with Crippen LogP contribution < -0.4 is 10.2 Å². The van der Waals surface area contributed by atoms with E-state index in [0.717, 1.165) is 22.8 Å². The maximum Gasteiger partial charge on any atom is 0.227 e. The summed E-state index contributed by atoms with van der Waals surface area (Å²) < 4.78 is 0. The second-order valence-corrected chi connectivity index (χ2v) is 8.48. The van der Waals surface area contributed by atoms with Crippen LogP contribution in [0.2, 0.25) is 0 Å². The molecule has 1 aliphatic rings. The minimum atomic E-state index is -0.0598. The van der Waals surface area contributed by atoms with Gasteiger partial charge in [-0.25, -0.2) is 0 Å². The molecule has 2 amide bonds. The number of carbonyl (C=O) groups excluding carboxylic acids is 2. The number of rotatable bonds is 6. The van der Waals surface area contributed by atoms with E-state index in [4.69, 9.17) is 0 Å². The Morgan fingerprint density at radius 3 is 2.54 bits per heavy atom. The molecule has 0 fully saturated rings. The van der Waals surface area contributed by atoms with Gasteiger partial charge in [0.05, 0.1) is 5.69 Å². The van der Waals surface area contributed by atoms with E-state index >= 15 is 0 Å². The van der Waals surface area contributed by atoms with Gasteiger partial charge in [0.25, 0.3) is 0 Å². The van der Waals surface area contributed by atoms with Gasteiger partial charge in [-0.3, -0.25) is 9.59 Å². The zero-order valence-corrected chi connectivity index (χ0v) is 17.7. The summed E-state index contributed by atoms with van der Waals surface area (Å²) in [7, 11) is 0. The van der Waals surface area contributed by atoms with E-state index in [0.29, 0.717) is 13.1 Å². The lowest BCUT2D eigenvalue weighted by Gasteiger charge is -2.29. The van der Waals surface area contributed by atoms with Crippen molar-refractivity contribution in [3.8, 4) is 0 Å². The Hall–Kier alpha value is -2.27. The maximum absolute atomic E-state index is 12.6. The number of nitrogens with zero attached hydrogens (tertiary/aromatic N) is 1. The summed E-state index contributed by atoms with van der Waals surface area (Å²) in [5.74, 6) is 0.855. The molecule has 2 aromatic carbocycles. The number of amides is 2. The largest absolute Gasteiger partial charge is 0.356 e. The number of benzene rings is 2. The molecule has 2 aromatic rings. The van der Waals surface area contributed by atoms with Crippen molar-refractivity contribution in [3.05, 3.63) is 58.7 Å². The van der Waals surface area contributed by atoms with E-state index in [1.54, 1.807) is 11.8 Å². The highest BCUT2D eigenvalue weighted by molar-refractivity contribution is 7.99. The normalized spacial score (nSPS) is 13.2. The Labute approximate surface area is 171 Å². The summed E-state index contributed by atoms with van der Waals surface area (Å²) in [6, 6.07) is 12.3. The van der Waals surface area contributed by atoms with E-state index in [1.807, 2.05) is 29.2 Å². The summed E-state index contributed by atoms with van der Waals surface area (Å²) in [6.07, 6.45) is 1.29. The van der Waals surface area contributed by atoms with Crippen molar-refractivity contribution in [1.82, 2.24) is 5.32 Å². The summed E-state index contributed by atoms with van der Waals surface area (Å²) >= 11 is 1.77. The highest BCUT2D eigenvalue weighted by Crippen LogP contribution is 2.34. The molecule has 0 saturated carbocycles. The Morgan fingerprint density at radius 1 is 1.07 bits per heavy atom. The summed E-state index contributed by atoms with van der Waals surface area (Å²) in [6.45, 7) is 7.63. The molecular formula is C23H28N2O2S. The number of nitrogens with one attached hydrogen (secondary N) is 1. The fraction of sp³-hybridized carbons (Fsp3) is 0.391. The molecule has 0 bridgehead atoms. The highest BCUT2D eigenvalue weighted by Gasteiger charge is 2.22. The van der Waals surface area contributed by atoms with Crippen molar-refractivity contribution in [3.63, 3.8) is 0 Å². The third kappa shape index (κ3) is 4.96. The van der Waals surface area contributed by atoms with Crippen molar-refractivity contribution in [2.75, 3.05) is 23.7 Å². The van der Waals surface area contributed by atoms with Gasteiger partial charge >= 0.3 is 0 Å². The first-order valence-electron chi connectivity index (χ1n) is 9.81. The van der Waals surface area contributed by atoms with Gasteiger partial charge in [0.15, 0.2) is 0 Å². The monoisotopic (exact) mass is 396 g/mol. The fourth-order valence-corrected chi connectivity index (χ4v) is 4.80. The number of fused-ring (bicyclic) bond motifs is 1. The topological polar surface area (TPSA) is 49.4 Å². The van der Waals surface area contributed by atoms with Crippen LogP contribution in [-0.4, -0.2) is 30.7 Å². The van der Waals surface area contributed by atoms with Gasteiger partial charge in [-0.15, -0.1) is 11.8 Å². The highest BCUT2D eigenvalue weighted by atomic mass is 32.2. The SMILES string of the molecule is Cc1cc(C)c(CCNC(=O)CCC(=O)N2CCSc3ccccc32)c(C)c1. The molecule has 4 nitrogen and oxygen atoms in total. The predicted molar refractivity (Wildman–Crippen MR) is 116 cm³/mol. The smallest absolute Gasteiger partial charge is 0.227 e. The van der Waals surface area contributed by atoms with Crippen LogP contribution in [0, 0.1) is 20.8 Å². The van der Waals surface area contributed by atoms with E-state index in [2.05, 4.69) is 38.2 Å². The van der Waals surface area contributed by atoms with Gasteiger partial charge in [0.2, 0.25) is 11.8 Å². The first kappa shape index (κ1) is 20.5. The average Bonchev–Trinajstić information content (AvgIpc) is 2.67. The fourth-order valence-electron chi connectivity index (χ4n) is 3.80. The molecule has 0 saturated heterocycles. The van der Waals surface area contributed by atoms with Gasteiger partial charge in [-0.2, -0.15) is 0 Å². The molecule has 3 rings (SSSR count). The lowest BCUT2D eigenvalue weighted by atomic mass is 9.97. The van der Waals surface area contributed by atoms with Crippen LogP contribution in [0.4, 0.5) is 5.69 Å². The molecule has 28 heavy (non-hydrogen) atoms. The molecule has 0 unspecified atom stereocenters. The van der Waals surface area contributed by atoms with Crippen LogP contribution in [0.3, 0.4) is 0 Å². The van der Waals surface area contributed by atoms with Gasteiger partial charge in [-0.1, -0.05) is 29.8 Å². The third-order valence-electron chi connectivity index (χ3n) is 5.13. The van der Waals surface area contributed by atoms with Crippen LogP contribution in [0.5, 0.6) is 0 Å². The molecule has 0 radical (unpaired) electrons. The molecular weight excluding hydrogens is 368 g/mol. The number of hydrogen-bond donors (Lipinski definition) is 1. The summed E-state index contributed by atoms with van der Waals surface area (Å²) in [5, 5.41) is 2.96. The lowest BCUT2D eigenvalue weighted by Crippen LogP contribution is -2.36. The number of carbonyl (C=O) groups is 2. The maximum atomic E-state index is 12.6. The van der Waals surface area contributed by atoms with Crippen molar-refractivity contribution >= 4 is 29.3 Å². The standard InChI is InChI=1S/C23H28N2O2S/c1-16-14-17(2)19(18(3)15-16)10-11-24-22(26)8-9-23(27)25-12-13-28-21-7-5-4-6-20(21)25/h4-7,14-15H,8-13H2,1-3H3,(H,24,26). The van der Waals surface area contributed by atoms with Gasteiger partial charge in [-0.05, 0) is 56.0 Å². The number of thioether (sulfide) groups is 1. The molecule has 5 heteroatoms. The molecule has 1 N–H and O–H groups in total. The Kier molecular flexibility index (Phi) is 6.79. The third-order valence-corrected chi connectivity index (χ3v) is 6.18. The van der Waals surface area contributed by atoms with E-state index in [-0.39, 0.29) is 24.7 Å². The molecule has 1 heterocycles. The van der Waals surface area contributed by atoms with Gasteiger partial charge in [0.1, 0.15) is 0 Å². The quantitative estimate of drug-likeness (QED) is 0.796. The first-order valence-corrected chi connectivity index (χ1v) is 10.8. The van der Waals surface area contributed by atoms with Crippen molar-refractivity contribution in [2.45, 2.75) is 44.9 Å². The molecule has 0 atom stereocenters. The molecule has 0 spiro atoms. The summed E-state index contributed by atoms with van der Waals surface area (Å²) in [5.41, 5.74) is 6.06. The molecule has 0 aliphatic carbocycles. The van der Waals surface area contributed by atoms with E-state index < -0.39 is 0 Å². The lowest BCUT2D eigenvalue weighted by molar-refractivity contribution is -0.125. The van der Waals surface area contributed by atoms with Crippen LogP contribution >= 0.6 is 11.8 Å². The number of aryl methyl sites for hydroxylation is 3. The van der Waals surface area contributed by atoms with Crippen molar-refractivity contribution < 1.29 is 9.59 Å². The number of anilines is 1. The molecule has 148 valence electrons. The van der Waals surface area contributed by atoms with Gasteiger partial charge in [0, 0.05) is 36.6 Å². The van der Waals surface area contributed by atoms with E-state index in [1.165, 1.54) is 22.3 Å². The number of para-hydroxylation sites is 1. The van der Waals surface area contributed by atoms with Gasteiger partial charge < -0.3 is 10.2 Å². The first-order chi connectivity index (χ1) is 13.5. The summed E-state index contributed by atoms with van der Waals surface area (Å²) in [4.78, 5) is 27.8. The van der Waals surface area contributed by atoms with Crippen LogP contribution in [-0.2, 0) is 16.0 Å². The van der Waals surface area contributed by atoms with E-state index in [9.17, 15) is 9.59 Å². The predicted octanol–water partition coefficient (Wildman–Crippen LogP) is 4.19. The van der Waals surface area contributed by atoms with Crippen molar-refractivity contribution in [1.29, 1.82) is 0 Å². The second-order valence-electron chi connectivity index (χ2n) is 7.34. The van der Waals surface area contributed by atoms with Crippen LogP contribution in [0.1, 0.15) is 35.1 Å². The molecule has 0 aromatic heterocycles. The zero-order valence-electron chi connectivity index (χ0n) is 16.9. The van der Waals surface area contributed by atoms with Crippen LogP contribution in [0.25, 0.3) is 0 Å². The zero-order chi connectivity index (χ0) is 20.1.